The number of aliphatic imine (C=N–C) groups is 1. The van der Waals surface area contributed by atoms with Gasteiger partial charge in [-0.1, -0.05) is 60.7 Å². The molecule has 4 aromatic rings. The van der Waals surface area contributed by atoms with Gasteiger partial charge in [-0.05, 0) is 18.2 Å². The maximum absolute atomic E-state index is 4.91. The zero-order valence-corrected chi connectivity index (χ0v) is 13.3. The van der Waals surface area contributed by atoms with Crippen molar-refractivity contribution in [2.45, 2.75) is 0 Å². The number of aromatic nitrogens is 2. The summed E-state index contributed by atoms with van der Waals surface area (Å²) in [5, 5.41) is 13.5. The SMILES string of the molecule is c1ccc(C2=Nc3ccccc3Nc3c2nnc2ccccc32)cc1. The molecule has 5 rings (SSSR count). The molecule has 0 fully saturated rings. The summed E-state index contributed by atoms with van der Waals surface area (Å²) < 4.78 is 0. The highest BCUT2D eigenvalue weighted by atomic mass is 15.1. The quantitative estimate of drug-likeness (QED) is 0.479. The standard InChI is InChI=1S/C21H14N4/c1-2-8-14(9-3-1)19-21-20(15-10-4-5-11-16(15)24-25-21)23-18-13-7-6-12-17(18)22-19/h1-13,23H. The second-order valence-corrected chi connectivity index (χ2v) is 5.91. The molecule has 4 heteroatoms. The first-order chi connectivity index (χ1) is 12.4. The highest BCUT2D eigenvalue weighted by Gasteiger charge is 2.21. The van der Waals surface area contributed by atoms with Crippen molar-refractivity contribution in [3.05, 3.63) is 90.1 Å². The van der Waals surface area contributed by atoms with E-state index < -0.39 is 0 Å². The molecule has 0 spiro atoms. The molecular weight excluding hydrogens is 308 g/mol. The van der Waals surface area contributed by atoms with Crippen molar-refractivity contribution >= 4 is 33.7 Å². The Kier molecular flexibility index (Phi) is 3.07. The molecule has 1 N–H and O–H groups in total. The van der Waals surface area contributed by atoms with E-state index in [1.165, 1.54) is 0 Å². The molecule has 0 atom stereocenters. The molecule has 0 radical (unpaired) electrons. The van der Waals surface area contributed by atoms with Crippen LogP contribution in [0.5, 0.6) is 0 Å². The Balaban J connectivity index is 1.87. The van der Waals surface area contributed by atoms with Crippen molar-refractivity contribution in [3.63, 3.8) is 0 Å². The van der Waals surface area contributed by atoms with Crippen molar-refractivity contribution < 1.29 is 0 Å². The molecule has 1 aliphatic rings. The number of anilines is 2. The molecule has 0 saturated heterocycles. The normalized spacial score (nSPS) is 12.6. The number of nitrogens with zero attached hydrogens (tertiary/aromatic N) is 3. The van der Waals surface area contributed by atoms with Crippen molar-refractivity contribution in [3.8, 4) is 0 Å². The van der Waals surface area contributed by atoms with Crippen LogP contribution in [0.15, 0.2) is 83.9 Å². The summed E-state index contributed by atoms with van der Waals surface area (Å²) in [5.41, 5.74) is 6.27. The van der Waals surface area contributed by atoms with Crippen LogP contribution < -0.4 is 5.32 Å². The number of fused-ring (bicyclic) bond motifs is 4. The lowest BCUT2D eigenvalue weighted by atomic mass is 10.0. The van der Waals surface area contributed by atoms with Gasteiger partial charge in [0.25, 0.3) is 0 Å². The van der Waals surface area contributed by atoms with Crippen LogP contribution in [0, 0.1) is 0 Å². The van der Waals surface area contributed by atoms with E-state index in [0.29, 0.717) is 0 Å². The lowest BCUT2D eigenvalue weighted by molar-refractivity contribution is 1.06. The summed E-state index contributed by atoms with van der Waals surface area (Å²) in [7, 11) is 0. The molecule has 3 aromatic carbocycles. The fourth-order valence-corrected chi connectivity index (χ4v) is 3.13. The van der Waals surface area contributed by atoms with E-state index in [1.54, 1.807) is 0 Å². The van der Waals surface area contributed by atoms with Crippen LogP contribution in [0.25, 0.3) is 10.9 Å². The van der Waals surface area contributed by atoms with Gasteiger partial charge >= 0.3 is 0 Å². The fraction of sp³-hybridized carbons (Fsp3) is 0. The minimum absolute atomic E-state index is 0.765. The first-order valence-corrected chi connectivity index (χ1v) is 8.16. The van der Waals surface area contributed by atoms with Gasteiger partial charge in [-0.25, -0.2) is 4.99 Å². The van der Waals surface area contributed by atoms with E-state index in [9.17, 15) is 0 Å². The van der Waals surface area contributed by atoms with Crippen LogP contribution in [0.2, 0.25) is 0 Å². The molecule has 0 unspecified atom stereocenters. The van der Waals surface area contributed by atoms with Gasteiger partial charge in [0.1, 0.15) is 11.4 Å². The predicted octanol–water partition coefficient (Wildman–Crippen LogP) is 4.86. The van der Waals surface area contributed by atoms with E-state index in [0.717, 1.165) is 44.9 Å². The Bertz CT molecular complexity index is 1120. The number of nitrogens with one attached hydrogen (secondary N) is 1. The molecule has 0 saturated carbocycles. The molecule has 1 aliphatic heterocycles. The second kappa shape index (κ2) is 5.53. The molecule has 4 nitrogen and oxygen atoms in total. The maximum Gasteiger partial charge on any atom is 0.136 e. The minimum atomic E-state index is 0.765. The van der Waals surface area contributed by atoms with E-state index in [2.05, 4.69) is 21.6 Å². The van der Waals surface area contributed by atoms with Gasteiger partial charge in [0.05, 0.1) is 22.6 Å². The average Bonchev–Trinajstić information content (AvgIpc) is 2.85. The Morgan fingerprint density at radius 1 is 0.680 bits per heavy atom. The van der Waals surface area contributed by atoms with Crippen LogP contribution in [0.1, 0.15) is 11.3 Å². The predicted molar refractivity (Wildman–Crippen MR) is 101 cm³/mol. The molecule has 25 heavy (non-hydrogen) atoms. The van der Waals surface area contributed by atoms with Gasteiger partial charge in [0.15, 0.2) is 0 Å². The average molecular weight is 322 g/mol. The lowest BCUT2D eigenvalue weighted by Crippen LogP contribution is -2.09. The third-order valence-corrected chi connectivity index (χ3v) is 4.34. The van der Waals surface area contributed by atoms with Gasteiger partial charge in [-0.15, -0.1) is 10.2 Å². The van der Waals surface area contributed by atoms with Crippen molar-refractivity contribution in [2.75, 3.05) is 5.32 Å². The van der Waals surface area contributed by atoms with Crippen molar-refractivity contribution in [1.82, 2.24) is 10.2 Å². The molecule has 118 valence electrons. The number of hydrogen-bond acceptors (Lipinski definition) is 4. The largest absolute Gasteiger partial charge is 0.351 e. The van der Waals surface area contributed by atoms with E-state index in [4.69, 9.17) is 4.99 Å². The number of para-hydroxylation sites is 2. The van der Waals surface area contributed by atoms with Gasteiger partial charge in [0, 0.05) is 10.9 Å². The Morgan fingerprint density at radius 3 is 2.36 bits per heavy atom. The van der Waals surface area contributed by atoms with Crippen molar-refractivity contribution in [2.24, 2.45) is 4.99 Å². The third-order valence-electron chi connectivity index (χ3n) is 4.34. The summed E-state index contributed by atoms with van der Waals surface area (Å²) in [6, 6.07) is 26.2. The number of benzene rings is 3. The molecule has 1 aromatic heterocycles. The zero-order chi connectivity index (χ0) is 16.6. The molecule has 0 aliphatic carbocycles. The fourth-order valence-electron chi connectivity index (χ4n) is 3.13. The van der Waals surface area contributed by atoms with E-state index in [1.807, 2.05) is 72.8 Å². The topological polar surface area (TPSA) is 50.2 Å². The zero-order valence-electron chi connectivity index (χ0n) is 13.3. The molecule has 0 bridgehead atoms. The van der Waals surface area contributed by atoms with Crippen LogP contribution in [-0.2, 0) is 0 Å². The monoisotopic (exact) mass is 322 g/mol. The third kappa shape index (κ3) is 2.27. The highest BCUT2D eigenvalue weighted by molar-refractivity contribution is 6.20. The van der Waals surface area contributed by atoms with Gasteiger partial charge in [-0.2, -0.15) is 0 Å². The van der Waals surface area contributed by atoms with Crippen LogP contribution in [-0.4, -0.2) is 15.9 Å². The summed E-state index contributed by atoms with van der Waals surface area (Å²) in [6.07, 6.45) is 0. The Morgan fingerprint density at radius 2 is 1.44 bits per heavy atom. The van der Waals surface area contributed by atoms with E-state index >= 15 is 0 Å². The Labute approximate surface area is 144 Å². The van der Waals surface area contributed by atoms with Crippen LogP contribution in [0.4, 0.5) is 17.1 Å². The molecule has 2 heterocycles. The lowest BCUT2D eigenvalue weighted by Gasteiger charge is -2.12. The van der Waals surface area contributed by atoms with Crippen LogP contribution >= 0.6 is 0 Å². The summed E-state index contributed by atoms with van der Waals surface area (Å²) in [4.78, 5) is 4.91. The summed E-state index contributed by atoms with van der Waals surface area (Å²) in [6.45, 7) is 0. The number of rotatable bonds is 1. The van der Waals surface area contributed by atoms with Gasteiger partial charge < -0.3 is 5.32 Å². The summed E-state index contributed by atoms with van der Waals surface area (Å²) >= 11 is 0. The maximum atomic E-state index is 4.91. The molecular formula is C21H14N4. The minimum Gasteiger partial charge on any atom is -0.351 e. The Hall–Kier alpha value is -3.53. The van der Waals surface area contributed by atoms with E-state index in [-0.39, 0.29) is 0 Å². The smallest absolute Gasteiger partial charge is 0.136 e. The van der Waals surface area contributed by atoms with Crippen molar-refractivity contribution in [1.29, 1.82) is 0 Å². The van der Waals surface area contributed by atoms with Gasteiger partial charge in [0.2, 0.25) is 0 Å². The molecule has 0 amide bonds. The first kappa shape index (κ1) is 13.9. The highest BCUT2D eigenvalue weighted by Crippen LogP contribution is 2.37. The van der Waals surface area contributed by atoms with Gasteiger partial charge in [-0.3, -0.25) is 0 Å². The first-order valence-electron chi connectivity index (χ1n) is 8.16. The summed E-state index contributed by atoms with van der Waals surface area (Å²) in [5.74, 6) is 0. The second-order valence-electron chi connectivity index (χ2n) is 5.91. The van der Waals surface area contributed by atoms with Crippen LogP contribution in [0.3, 0.4) is 0 Å². The number of hydrogen-bond donors (Lipinski definition) is 1.